The second-order valence-corrected chi connectivity index (χ2v) is 15.6. The molecule has 1 aliphatic carbocycles. The van der Waals surface area contributed by atoms with E-state index in [0.717, 1.165) is 27.9 Å². The molecule has 10 aromatic rings. The van der Waals surface area contributed by atoms with Crippen LogP contribution in [0.25, 0.3) is 75.1 Å². The molecule has 0 fully saturated rings. The van der Waals surface area contributed by atoms with Crippen molar-refractivity contribution in [3.8, 4) is 22.3 Å². The Hall–Kier alpha value is -6.16. The smallest absolute Gasteiger partial charge is 0.136 e. The van der Waals surface area contributed by atoms with Gasteiger partial charge in [0.25, 0.3) is 0 Å². The number of rotatable bonds is 4. The first-order valence-corrected chi connectivity index (χ1v) is 18.7. The van der Waals surface area contributed by atoms with Crippen LogP contribution in [-0.4, -0.2) is 0 Å². The first-order valence-electron chi connectivity index (χ1n) is 17.9. The highest BCUT2D eigenvalue weighted by Crippen LogP contribution is 2.54. The van der Waals surface area contributed by atoms with Gasteiger partial charge in [0.1, 0.15) is 11.2 Å². The summed E-state index contributed by atoms with van der Waals surface area (Å²) in [5.74, 6) is 0. The molecule has 11 rings (SSSR count). The van der Waals surface area contributed by atoms with Crippen molar-refractivity contribution in [3.63, 3.8) is 0 Å². The highest BCUT2D eigenvalue weighted by atomic mass is 32.1. The lowest BCUT2D eigenvalue weighted by Gasteiger charge is -2.29. The largest absolute Gasteiger partial charge is 0.456 e. The molecule has 0 N–H and O–H groups in total. The summed E-state index contributed by atoms with van der Waals surface area (Å²) in [4.78, 5) is 2.46. The Bertz CT molecular complexity index is 3050. The number of benzene rings is 8. The fourth-order valence-electron chi connectivity index (χ4n) is 8.73. The number of para-hydroxylation sites is 1. The minimum atomic E-state index is -0.0886. The minimum Gasteiger partial charge on any atom is -0.456 e. The van der Waals surface area contributed by atoms with Gasteiger partial charge in [0.05, 0.1) is 5.69 Å². The molecule has 2 heterocycles. The van der Waals surface area contributed by atoms with Crippen molar-refractivity contribution in [2.75, 3.05) is 4.90 Å². The van der Waals surface area contributed by atoms with Crippen molar-refractivity contribution in [3.05, 3.63) is 175 Å². The summed E-state index contributed by atoms with van der Waals surface area (Å²) in [7, 11) is 0. The monoisotopic (exact) mass is 683 g/mol. The van der Waals surface area contributed by atoms with Crippen molar-refractivity contribution in [1.29, 1.82) is 0 Å². The quantitative estimate of drug-likeness (QED) is 0.184. The molecule has 0 atom stereocenters. The van der Waals surface area contributed by atoms with Gasteiger partial charge in [-0.25, -0.2) is 0 Å². The van der Waals surface area contributed by atoms with Crippen LogP contribution in [0, 0.1) is 0 Å². The minimum absolute atomic E-state index is 0.0886. The molecule has 0 saturated heterocycles. The van der Waals surface area contributed by atoms with E-state index in [1.807, 2.05) is 17.4 Å². The second-order valence-electron chi connectivity index (χ2n) is 14.5. The predicted octanol–water partition coefficient (Wildman–Crippen LogP) is 14.6. The Morgan fingerprint density at radius 2 is 1.21 bits per heavy atom. The van der Waals surface area contributed by atoms with E-state index in [1.165, 1.54) is 75.4 Å². The molecule has 0 unspecified atom stereocenters. The van der Waals surface area contributed by atoms with Crippen molar-refractivity contribution in [1.82, 2.24) is 0 Å². The first-order chi connectivity index (χ1) is 25.5. The highest BCUT2D eigenvalue weighted by molar-refractivity contribution is 7.25. The second kappa shape index (κ2) is 10.9. The molecule has 246 valence electrons. The molecular formula is C49H33NOS. The van der Waals surface area contributed by atoms with E-state index in [0.29, 0.717) is 0 Å². The maximum absolute atomic E-state index is 6.24. The molecule has 0 spiro atoms. The third-order valence-corrected chi connectivity index (χ3v) is 12.4. The Morgan fingerprint density at radius 1 is 0.500 bits per heavy atom. The zero-order chi connectivity index (χ0) is 34.6. The van der Waals surface area contributed by atoms with E-state index in [4.69, 9.17) is 4.42 Å². The normalized spacial score (nSPS) is 13.3. The Kier molecular flexibility index (Phi) is 6.21. The van der Waals surface area contributed by atoms with Crippen LogP contribution >= 0.6 is 11.3 Å². The summed E-state index contributed by atoms with van der Waals surface area (Å²) in [6, 6.07) is 60.0. The van der Waals surface area contributed by atoms with Gasteiger partial charge in [0.2, 0.25) is 0 Å². The van der Waals surface area contributed by atoms with Crippen LogP contribution in [0.3, 0.4) is 0 Å². The van der Waals surface area contributed by atoms with Crippen molar-refractivity contribution < 1.29 is 4.42 Å². The number of hydrogen-bond donors (Lipinski definition) is 0. The number of hydrogen-bond acceptors (Lipinski definition) is 3. The van der Waals surface area contributed by atoms with Crippen LogP contribution in [-0.2, 0) is 5.41 Å². The van der Waals surface area contributed by atoms with E-state index in [-0.39, 0.29) is 5.41 Å². The lowest BCUT2D eigenvalue weighted by Crippen LogP contribution is -2.16. The maximum Gasteiger partial charge on any atom is 0.136 e. The molecule has 8 aromatic carbocycles. The van der Waals surface area contributed by atoms with E-state index >= 15 is 0 Å². The molecule has 0 saturated carbocycles. The topological polar surface area (TPSA) is 16.4 Å². The van der Waals surface area contributed by atoms with Gasteiger partial charge in [0.15, 0.2) is 0 Å². The molecule has 2 nitrogen and oxygen atoms in total. The molecule has 52 heavy (non-hydrogen) atoms. The van der Waals surface area contributed by atoms with E-state index < -0.39 is 0 Å². The number of thiophene rings is 1. The SMILES string of the molecule is CC1(C)c2ccccc2-c2c(N(c3ccc(-c4ccc5ccc6oc7ccccc7c6c5c4)cc3)c3ccc4c(c3)sc3ccccc34)cccc21. The van der Waals surface area contributed by atoms with Crippen LogP contribution in [0.4, 0.5) is 17.1 Å². The first kappa shape index (κ1) is 29.6. The van der Waals surface area contributed by atoms with Crippen molar-refractivity contribution in [2.45, 2.75) is 19.3 Å². The Labute approximate surface area is 305 Å². The maximum atomic E-state index is 6.24. The van der Waals surface area contributed by atoms with Crippen LogP contribution in [0.15, 0.2) is 168 Å². The summed E-state index contributed by atoms with van der Waals surface area (Å²) in [5, 5.41) is 7.38. The average molecular weight is 684 g/mol. The molecule has 0 bridgehead atoms. The number of furan rings is 1. The molecular weight excluding hydrogens is 651 g/mol. The third kappa shape index (κ3) is 4.23. The molecule has 0 radical (unpaired) electrons. The number of nitrogens with zero attached hydrogens (tertiary/aromatic N) is 1. The van der Waals surface area contributed by atoms with Crippen LogP contribution in [0.1, 0.15) is 25.0 Å². The lowest BCUT2D eigenvalue weighted by molar-refractivity contribution is 0.660. The molecule has 0 aliphatic heterocycles. The van der Waals surface area contributed by atoms with Crippen LogP contribution in [0.2, 0.25) is 0 Å². The Balaban J connectivity index is 1.09. The lowest BCUT2D eigenvalue weighted by atomic mass is 9.82. The van der Waals surface area contributed by atoms with Gasteiger partial charge >= 0.3 is 0 Å². The highest BCUT2D eigenvalue weighted by Gasteiger charge is 2.37. The van der Waals surface area contributed by atoms with E-state index in [9.17, 15) is 0 Å². The summed E-state index contributed by atoms with van der Waals surface area (Å²) in [5.41, 5.74) is 13.0. The molecule has 2 aromatic heterocycles. The van der Waals surface area contributed by atoms with Gasteiger partial charge < -0.3 is 9.32 Å². The molecule has 0 amide bonds. The predicted molar refractivity (Wildman–Crippen MR) is 222 cm³/mol. The fraction of sp³-hybridized carbons (Fsp3) is 0.0612. The van der Waals surface area contributed by atoms with Gasteiger partial charge in [-0.2, -0.15) is 0 Å². The zero-order valence-corrected chi connectivity index (χ0v) is 29.7. The molecule has 3 heteroatoms. The van der Waals surface area contributed by atoms with Gasteiger partial charge in [0, 0.05) is 53.3 Å². The standard InChI is InChI=1S/C49H33NOS/c1-49(2)40-13-6-3-11-37(40)48-41(49)14-9-15-42(48)50(34-25-26-36-35-10-5-8-17-45(35)52-46(36)29-34)33-23-20-30(21-24-33)32-19-18-31-22-27-44-47(39(31)28-32)38-12-4-7-16-43(38)51-44/h3-29H,1-2H3. The summed E-state index contributed by atoms with van der Waals surface area (Å²) in [6.45, 7) is 4.71. The van der Waals surface area contributed by atoms with Crippen molar-refractivity contribution in [2.24, 2.45) is 0 Å². The summed E-state index contributed by atoms with van der Waals surface area (Å²) >= 11 is 1.87. The van der Waals surface area contributed by atoms with Crippen LogP contribution in [0.5, 0.6) is 0 Å². The Morgan fingerprint density at radius 3 is 2.12 bits per heavy atom. The van der Waals surface area contributed by atoms with E-state index in [1.54, 1.807) is 0 Å². The zero-order valence-electron chi connectivity index (χ0n) is 28.9. The number of anilines is 3. The third-order valence-electron chi connectivity index (χ3n) is 11.3. The van der Waals surface area contributed by atoms with E-state index in [2.05, 4.69) is 176 Å². The molecule has 1 aliphatic rings. The number of fused-ring (bicyclic) bond motifs is 11. The average Bonchev–Trinajstić information content (AvgIpc) is 3.83. The van der Waals surface area contributed by atoms with Crippen LogP contribution < -0.4 is 4.90 Å². The summed E-state index contributed by atoms with van der Waals surface area (Å²) < 4.78 is 8.85. The van der Waals surface area contributed by atoms with Gasteiger partial charge in [-0.1, -0.05) is 123 Å². The van der Waals surface area contributed by atoms with Gasteiger partial charge in [-0.15, -0.1) is 11.3 Å². The van der Waals surface area contributed by atoms with Gasteiger partial charge in [-0.3, -0.25) is 0 Å². The summed E-state index contributed by atoms with van der Waals surface area (Å²) in [6.07, 6.45) is 0. The fourth-order valence-corrected chi connectivity index (χ4v) is 9.87. The van der Waals surface area contributed by atoms with Gasteiger partial charge in [-0.05, 0) is 93.2 Å². The van der Waals surface area contributed by atoms with Crippen molar-refractivity contribution >= 4 is 81.3 Å².